The van der Waals surface area contributed by atoms with E-state index in [9.17, 15) is 36.2 Å². The minimum Gasteiger partial charge on any atom is -0.872 e. The van der Waals surface area contributed by atoms with Crippen LogP contribution in [0.5, 0.6) is 34.5 Å². The van der Waals surface area contributed by atoms with Gasteiger partial charge in [-0.05, 0) is 85.3 Å². The van der Waals surface area contributed by atoms with Gasteiger partial charge in [-0.2, -0.15) is 8.42 Å². The zero-order valence-electron chi connectivity index (χ0n) is 29.3. The SMILES string of the molecule is CCCCCCCc1cccc(S(=O)(=O)O)c1Oc1ccc(O)cc1.CCCCCCCc1cccc(S(=O)(=O)[O-])c1Oc1ccc([O-])cc1.[Ca+2]. The molecule has 0 unspecified atom stereocenters. The fourth-order valence-corrected chi connectivity index (χ4v) is 6.55. The average molecular weight is 767 g/mol. The molecule has 0 aliphatic heterocycles. The Morgan fingerprint density at radius 2 is 1.00 bits per heavy atom. The van der Waals surface area contributed by atoms with E-state index in [0.717, 1.165) is 56.9 Å². The Hall–Kier alpha value is -2.84. The molecular weight excluding hydrogens is 721 g/mol. The van der Waals surface area contributed by atoms with Crippen molar-refractivity contribution in [2.24, 2.45) is 0 Å². The smallest absolute Gasteiger partial charge is 0.872 e. The van der Waals surface area contributed by atoms with Crippen molar-refractivity contribution in [3.63, 3.8) is 0 Å². The summed E-state index contributed by atoms with van der Waals surface area (Å²) in [5.74, 6) is 0.835. The van der Waals surface area contributed by atoms with Gasteiger partial charge in [0.15, 0.2) is 5.75 Å². The summed E-state index contributed by atoms with van der Waals surface area (Å²) in [4.78, 5) is -0.614. The topological polar surface area (TPSA) is 173 Å². The molecule has 0 spiro atoms. The van der Waals surface area contributed by atoms with Crippen molar-refractivity contribution in [2.75, 3.05) is 0 Å². The van der Waals surface area contributed by atoms with Crippen molar-refractivity contribution >= 4 is 58.0 Å². The van der Waals surface area contributed by atoms with E-state index in [1.165, 1.54) is 61.4 Å². The molecule has 13 heteroatoms. The van der Waals surface area contributed by atoms with Crippen LogP contribution in [0.1, 0.15) is 89.2 Å². The molecule has 0 fully saturated rings. The molecule has 51 heavy (non-hydrogen) atoms. The Morgan fingerprint density at radius 3 is 1.43 bits per heavy atom. The normalized spacial score (nSPS) is 11.2. The minimum atomic E-state index is -4.66. The molecule has 10 nitrogen and oxygen atoms in total. The standard InChI is InChI=1S/2C19H24O5S.Ca/c2*1-2-3-4-5-6-8-15-9-7-10-18(25(21,22)23)19(15)24-17-13-11-16(20)12-14-17;/h2*7,9-14,20H,2-6,8H2,1H3,(H,21,22,23);/q;;+2/p-2. The summed E-state index contributed by atoms with van der Waals surface area (Å²) >= 11 is 0. The van der Waals surface area contributed by atoms with E-state index in [0.29, 0.717) is 29.9 Å². The van der Waals surface area contributed by atoms with Crippen LogP contribution in [0.4, 0.5) is 0 Å². The zero-order valence-corrected chi connectivity index (χ0v) is 33.1. The van der Waals surface area contributed by atoms with E-state index in [1.807, 2.05) is 6.07 Å². The molecule has 0 saturated carbocycles. The number of aryl methyl sites for hydroxylation is 2. The van der Waals surface area contributed by atoms with Crippen molar-refractivity contribution in [3.05, 3.63) is 96.1 Å². The molecule has 272 valence electrons. The van der Waals surface area contributed by atoms with Crippen molar-refractivity contribution < 1.29 is 45.6 Å². The fraction of sp³-hybridized carbons (Fsp3) is 0.368. The van der Waals surface area contributed by atoms with Crippen LogP contribution in [-0.4, -0.2) is 68.8 Å². The first-order valence-electron chi connectivity index (χ1n) is 16.9. The van der Waals surface area contributed by atoms with Gasteiger partial charge in [-0.1, -0.05) is 102 Å². The third-order valence-corrected chi connectivity index (χ3v) is 9.61. The van der Waals surface area contributed by atoms with Gasteiger partial charge < -0.3 is 24.2 Å². The van der Waals surface area contributed by atoms with Crippen LogP contribution in [0.15, 0.2) is 94.7 Å². The Balaban J connectivity index is 0.000000347. The summed E-state index contributed by atoms with van der Waals surface area (Å²) in [5, 5.41) is 20.6. The summed E-state index contributed by atoms with van der Waals surface area (Å²) in [6, 6.07) is 20.9. The summed E-state index contributed by atoms with van der Waals surface area (Å²) in [5.41, 5.74) is 1.42. The second-order valence-electron chi connectivity index (χ2n) is 11.9. The van der Waals surface area contributed by atoms with E-state index in [1.54, 1.807) is 30.3 Å². The molecule has 0 amide bonds. The number of para-hydroxylation sites is 2. The number of hydrogen-bond donors (Lipinski definition) is 2. The van der Waals surface area contributed by atoms with Crippen molar-refractivity contribution in [1.82, 2.24) is 0 Å². The first-order valence-corrected chi connectivity index (χ1v) is 19.8. The first-order chi connectivity index (χ1) is 23.8. The molecule has 4 aromatic carbocycles. The number of benzene rings is 4. The van der Waals surface area contributed by atoms with Gasteiger partial charge in [-0.25, -0.2) is 8.42 Å². The third kappa shape index (κ3) is 15.3. The first kappa shape index (κ1) is 44.3. The molecule has 4 rings (SSSR count). The van der Waals surface area contributed by atoms with Crippen LogP contribution in [0.25, 0.3) is 0 Å². The summed E-state index contributed by atoms with van der Waals surface area (Å²) in [6.45, 7) is 4.29. The molecule has 2 N–H and O–H groups in total. The van der Waals surface area contributed by atoms with Crippen LogP contribution >= 0.6 is 0 Å². The largest absolute Gasteiger partial charge is 2.00 e. The van der Waals surface area contributed by atoms with Crippen molar-refractivity contribution in [3.8, 4) is 34.5 Å². The second-order valence-corrected chi connectivity index (χ2v) is 14.7. The van der Waals surface area contributed by atoms with Crippen LogP contribution in [0.3, 0.4) is 0 Å². The quantitative estimate of drug-likeness (QED) is 0.0568. The fourth-order valence-electron chi connectivity index (χ4n) is 5.24. The minimum absolute atomic E-state index is 0. The summed E-state index contributed by atoms with van der Waals surface area (Å²) in [7, 11) is -9.06. The molecule has 4 aromatic rings. The molecule has 0 radical (unpaired) electrons. The summed E-state index contributed by atoms with van der Waals surface area (Å²) in [6.07, 6.45) is 12.1. The number of phenolic OH excluding ortho intramolecular Hbond substituents is 1. The maximum atomic E-state index is 11.7. The van der Waals surface area contributed by atoms with Crippen LogP contribution in [-0.2, 0) is 33.1 Å². The van der Waals surface area contributed by atoms with E-state index >= 15 is 0 Å². The predicted octanol–water partition coefficient (Wildman–Crippen LogP) is 8.53. The van der Waals surface area contributed by atoms with E-state index in [4.69, 9.17) is 9.47 Å². The van der Waals surface area contributed by atoms with Gasteiger partial charge in [0, 0.05) is 0 Å². The number of phenols is 1. The van der Waals surface area contributed by atoms with Crippen molar-refractivity contribution in [2.45, 2.75) is 101 Å². The van der Waals surface area contributed by atoms with Gasteiger partial charge in [0.2, 0.25) is 0 Å². The monoisotopic (exact) mass is 766 g/mol. The molecule has 0 aromatic heterocycles. The number of ether oxygens (including phenoxy) is 2. The molecule has 0 saturated heterocycles. The number of hydrogen-bond acceptors (Lipinski definition) is 9. The van der Waals surface area contributed by atoms with E-state index in [-0.39, 0.29) is 70.5 Å². The number of unbranched alkanes of at least 4 members (excludes halogenated alkanes) is 8. The maximum Gasteiger partial charge on any atom is 2.00 e. The van der Waals surface area contributed by atoms with Crippen LogP contribution in [0.2, 0.25) is 0 Å². The average Bonchev–Trinajstić information content (AvgIpc) is 3.07. The van der Waals surface area contributed by atoms with Gasteiger partial charge in [0.1, 0.15) is 38.0 Å². The van der Waals surface area contributed by atoms with Crippen LogP contribution in [0, 0.1) is 0 Å². The molecule has 0 atom stereocenters. The van der Waals surface area contributed by atoms with Crippen LogP contribution < -0.4 is 14.6 Å². The molecule has 0 bridgehead atoms. The van der Waals surface area contributed by atoms with Gasteiger partial charge in [-0.3, -0.25) is 4.55 Å². The second kappa shape index (κ2) is 22.3. The Kier molecular flexibility index (Phi) is 19.4. The Bertz CT molecular complexity index is 1710. The van der Waals surface area contributed by atoms with E-state index < -0.39 is 20.2 Å². The number of rotatable bonds is 18. The predicted molar refractivity (Wildman–Crippen MR) is 195 cm³/mol. The van der Waals surface area contributed by atoms with Gasteiger partial charge >= 0.3 is 37.7 Å². The molecular formula is C38H46CaO10S2. The Morgan fingerprint density at radius 1 is 0.588 bits per heavy atom. The zero-order chi connectivity index (χ0) is 36.6. The maximum absolute atomic E-state index is 11.7. The third-order valence-electron chi connectivity index (χ3n) is 7.87. The summed E-state index contributed by atoms with van der Waals surface area (Å²) < 4.78 is 79.1. The molecule has 0 aliphatic carbocycles. The van der Waals surface area contributed by atoms with Gasteiger partial charge in [-0.15, -0.1) is 5.75 Å². The van der Waals surface area contributed by atoms with Gasteiger partial charge in [0.25, 0.3) is 10.1 Å². The molecule has 0 aliphatic rings. The molecule has 0 heterocycles. The number of aromatic hydroxyl groups is 1. The Labute approximate surface area is 332 Å². The van der Waals surface area contributed by atoms with Crippen molar-refractivity contribution in [1.29, 1.82) is 0 Å². The van der Waals surface area contributed by atoms with Gasteiger partial charge in [0.05, 0.1) is 4.90 Å². The van der Waals surface area contributed by atoms with E-state index in [2.05, 4.69) is 13.8 Å².